The summed E-state index contributed by atoms with van der Waals surface area (Å²) in [5.74, 6) is 0. The number of carbonyl (C=O) groups excluding carboxylic acids is 1. The Morgan fingerprint density at radius 3 is 3.00 bits per heavy atom. The molecule has 0 spiro atoms. The van der Waals surface area contributed by atoms with Crippen molar-refractivity contribution < 1.29 is 9.53 Å². The van der Waals surface area contributed by atoms with Crippen molar-refractivity contribution in [3.8, 4) is 0 Å². The van der Waals surface area contributed by atoms with E-state index in [-0.39, 0.29) is 0 Å². The number of hydrogen-bond acceptors (Lipinski definition) is 4. The third kappa shape index (κ3) is 6.49. The number of nitrogens with zero attached hydrogens (tertiary/aromatic N) is 3. The van der Waals surface area contributed by atoms with Gasteiger partial charge >= 0.3 is 6.09 Å². The van der Waals surface area contributed by atoms with Crippen LogP contribution in [0.15, 0.2) is 22.6 Å². The molecule has 1 amide bonds. The van der Waals surface area contributed by atoms with Crippen molar-refractivity contribution in [3.63, 3.8) is 0 Å². The van der Waals surface area contributed by atoms with E-state index in [0.717, 1.165) is 5.56 Å². The number of thiophene rings is 1. The first-order chi connectivity index (χ1) is 8.90. The fourth-order valence-electron chi connectivity index (χ4n) is 1.18. The van der Waals surface area contributed by atoms with Crippen molar-refractivity contribution in [2.75, 3.05) is 11.9 Å². The quantitative estimate of drug-likeness (QED) is 0.502. The summed E-state index contributed by atoms with van der Waals surface area (Å²) in [7, 11) is 0. The molecule has 1 heterocycles. The SMILES string of the molecule is CC(C)(C)OC(=O)Nc1cc(C=CCN=[N+]=[N-])cs1. The topological polar surface area (TPSA) is 87.1 Å². The van der Waals surface area contributed by atoms with Crippen LogP contribution in [0.3, 0.4) is 0 Å². The van der Waals surface area contributed by atoms with Crippen molar-refractivity contribution in [1.29, 1.82) is 0 Å². The van der Waals surface area contributed by atoms with Gasteiger partial charge in [0.15, 0.2) is 0 Å². The Hall–Kier alpha value is -1.98. The molecule has 19 heavy (non-hydrogen) atoms. The molecule has 0 atom stereocenters. The fourth-order valence-corrected chi connectivity index (χ4v) is 1.94. The van der Waals surface area contributed by atoms with Gasteiger partial charge in [-0.3, -0.25) is 5.32 Å². The van der Waals surface area contributed by atoms with Crippen molar-refractivity contribution in [2.45, 2.75) is 26.4 Å². The van der Waals surface area contributed by atoms with E-state index in [0.29, 0.717) is 11.5 Å². The molecule has 0 radical (unpaired) electrons. The Labute approximate surface area is 115 Å². The molecule has 0 unspecified atom stereocenters. The second kappa shape index (κ2) is 6.82. The number of rotatable bonds is 4. The van der Waals surface area contributed by atoms with Gasteiger partial charge in [0, 0.05) is 16.8 Å². The summed E-state index contributed by atoms with van der Waals surface area (Å²) in [4.78, 5) is 14.2. The highest BCUT2D eigenvalue weighted by atomic mass is 32.1. The van der Waals surface area contributed by atoms with Crippen LogP contribution in [0.1, 0.15) is 26.3 Å². The minimum absolute atomic E-state index is 0.307. The van der Waals surface area contributed by atoms with Gasteiger partial charge in [-0.05, 0) is 37.9 Å². The van der Waals surface area contributed by atoms with E-state index in [1.807, 2.05) is 38.3 Å². The summed E-state index contributed by atoms with van der Waals surface area (Å²) in [5, 5.41) is 8.65. The largest absolute Gasteiger partial charge is 0.444 e. The van der Waals surface area contributed by atoms with E-state index in [4.69, 9.17) is 10.3 Å². The van der Waals surface area contributed by atoms with E-state index >= 15 is 0 Å². The van der Waals surface area contributed by atoms with Gasteiger partial charge in [-0.2, -0.15) is 0 Å². The second-order valence-corrected chi connectivity index (χ2v) is 5.60. The number of anilines is 1. The third-order valence-corrected chi connectivity index (χ3v) is 2.67. The van der Waals surface area contributed by atoms with Crippen LogP contribution in [0.25, 0.3) is 16.5 Å². The number of carbonyl (C=O) groups is 1. The number of azide groups is 1. The first kappa shape index (κ1) is 15.1. The van der Waals surface area contributed by atoms with Gasteiger partial charge in [0.05, 0.1) is 5.00 Å². The average molecular weight is 280 g/mol. The Bertz CT molecular complexity index is 510. The van der Waals surface area contributed by atoms with Crippen LogP contribution in [-0.4, -0.2) is 18.2 Å². The van der Waals surface area contributed by atoms with Crippen LogP contribution in [0.4, 0.5) is 9.80 Å². The Balaban J connectivity index is 2.53. The van der Waals surface area contributed by atoms with E-state index in [1.165, 1.54) is 11.3 Å². The van der Waals surface area contributed by atoms with E-state index in [1.54, 1.807) is 6.08 Å². The maximum absolute atomic E-state index is 11.5. The van der Waals surface area contributed by atoms with E-state index < -0.39 is 11.7 Å². The number of nitrogens with one attached hydrogen (secondary N) is 1. The van der Waals surface area contributed by atoms with Crippen LogP contribution in [0, 0.1) is 0 Å². The highest BCUT2D eigenvalue weighted by molar-refractivity contribution is 7.14. The number of amides is 1. The van der Waals surface area contributed by atoms with Gasteiger partial charge in [0.1, 0.15) is 5.60 Å². The first-order valence-electron chi connectivity index (χ1n) is 5.66. The van der Waals surface area contributed by atoms with E-state index in [2.05, 4.69) is 15.3 Å². The van der Waals surface area contributed by atoms with Gasteiger partial charge in [-0.25, -0.2) is 4.79 Å². The van der Waals surface area contributed by atoms with Crippen LogP contribution in [-0.2, 0) is 4.74 Å². The van der Waals surface area contributed by atoms with Gasteiger partial charge in [-0.1, -0.05) is 17.3 Å². The zero-order valence-corrected chi connectivity index (χ0v) is 11.9. The number of ether oxygens (including phenoxy) is 1. The summed E-state index contributed by atoms with van der Waals surface area (Å²) < 4.78 is 5.15. The molecule has 0 aliphatic rings. The monoisotopic (exact) mass is 280 g/mol. The minimum Gasteiger partial charge on any atom is -0.444 e. The molecule has 0 aliphatic carbocycles. The van der Waals surface area contributed by atoms with Crippen molar-refractivity contribution >= 4 is 28.5 Å². The van der Waals surface area contributed by atoms with Gasteiger partial charge in [-0.15, -0.1) is 11.3 Å². The first-order valence-corrected chi connectivity index (χ1v) is 6.54. The van der Waals surface area contributed by atoms with Gasteiger partial charge < -0.3 is 4.74 Å². The lowest BCUT2D eigenvalue weighted by Gasteiger charge is -2.19. The molecule has 0 bridgehead atoms. The van der Waals surface area contributed by atoms with E-state index in [9.17, 15) is 4.79 Å². The average Bonchev–Trinajstić information content (AvgIpc) is 2.69. The lowest BCUT2D eigenvalue weighted by Crippen LogP contribution is -2.26. The maximum atomic E-state index is 11.5. The van der Waals surface area contributed by atoms with Crippen molar-refractivity contribution in [3.05, 3.63) is 33.5 Å². The minimum atomic E-state index is -0.515. The van der Waals surface area contributed by atoms with Crippen LogP contribution < -0.4 is 5.32 Å². The molecule has 1 rings (SSSR count). The predicted octanol–water partition coefficient (Wildman–Crippen LogP) is 4.42. The molecule has 1 aromatic heterocycles. The summed E-state index contributed by atoms with van der Waals surface area (Å²) in [5.41, 5.74) is 8.54. The lowest BCUT2D eigenvalue weighted by molar-refractivity contribution is 0.0636. The molecule has 7 heteroatoms. The molecule has 1 N–H and O–H groups in total. The smallest absolute Gasteiger partial charge is 0.412 e. The zero-order chi connectivity index (χ0) is 14.3. The van der Waals surface area contributed by atoms with Crippen molar-refractivity contribution in [2.24, 2.45) is 5.11 Å². The summed E-state index contributed by atoms with van der Waals surface area (Å²) in [6.07, 6.45) is 3.10. The molecular weight excluding hydrogens is 264 g/mol. The van der Waals surface area contributed by atoms with Gasteiger partial charge in [0.2, 0.25) is 0 Å². The summed E-state index contributed by atoms with van der Waals surface area (Å²) in [6, 6.07) is 1.82. The maximum Gasteiger partial charge on any atom is 0.412 e. The van der Waals surface area contributed by atoms with Crippen LogP contribution in [0.2, 0.25) is 0 Å². The Kier molecular flexibility index (Phi) is 5.41. The Morgan fingerprint density at radius 1 is 1.63 bits per heavy atom. The van der Waals surface area contributed by atoms with Gasteiger partial charge in [0.25, 0.3) is 0 Å². The fraction of sp³-hybridized carbons (Fsp3) is 0.417. The molecule has 102 valence electrons. The highest BCUT2D eigenvalue weighted by Gasteiger charge is 2.16. The Morgan fingerprint density at radius 2 is 2.37 bits per heavy atom. The molecule has 0 saturated heterocycles. The zero-order valence-electron chi connectivity index (χ0n) is 11.1. The lowest BCUT2D eigenvalue weighted by atomic mass is 10.2. The second-order valence-electron chi connectivity index (χ2n) is 4.69. The summed E-state index contributed by atoms with van der Waals surface area (Å²) in [6.45, 7) is 5.74. The van der Waals surface area contributed by atoms with Crippen LogP contribution in [0.5, 0.6) is 0 Å². The predicted molar refractivity (Wildman–Crippen MR) is 77.2 cm³/mol. The molecule has 0 saturated carbocycles. The van der Waals surface area contributed by atoms with Crippen molar-refractivity contribution in [1.82, 2.24) is 0 Å². The number of hydrogen-bond donors (Lipinski definition) is 1. The normalized spacial score (nSPS) is 11.1. The van der Waals surface area contributed by atoms with Crippen LogP contribution >= 0.6 is 11.3 Å². The third-order valence-electron chi connectivity index (χ3n) is 1.80. The molecular formula is C12H16N4O2S. The molecule has 0 fully saturated rings. The summed E-state index contributed by atoms with van der Waals surface area (Å²) >= 11 is 1.40. The highest BCUT2D eigenvalue weighted by Crippen LogP contribution is 2.22. The molecule has 6 nitrogen and oxygen atoms in total. The molecule has 0 aromatic carbocycles. The molecule has 1 aromatic rings. The standard InChI is InChI=1S/C12H16N4O2S/c1-12(2,3)18-11(17)15-10-7-9(8-19-10)5-4-6-14-16-13/h4-5,7-8H,6H2,1-3H3,(H,15,17). The molecule has 0 aliphatic heterocycles.